The van der Waals surface area contributed by atoms with Crippen molar-refractivity contribution in [2.24, 2.45) is 0 Å². The minimum Gasteiger partial charge on any atom is -0.506 e. The minimum atomic E-state index is 0. The zero-order chi connectivity index (χ0) is 13.1. The summed E-state index contributed by atoms with van der Waals surface area (Å²) in [5.41, 5.74) is 0.961. The zero-order valence-electron chi connectivity index (χ0n) is 10.8. The van der Waals surface area contributed by atoms with E-state index >= 15 is 0 Å². The maximum atomic E-state index is 10.3. The van der Waals surface area contributed by atoms with Crippen LogP contribution in [0.5, 0.6) is 5.75 Å². The number of hydrogen-bond donors (Lipinski definition) is 2. The van der Waals surface area contributed by atoms with Gasteiger partial charge in [0.25, 0.3) is 0 Å². The van der Waals surface area contributed by atoms with Crippen molar-refractivity contribution in [1.29, 1.82) is 0 Å². The van der Waals surface area contributed by atoms with Gasteiger partial charge in [-0.15, -0.1) is 31.4 Å². The molecule has 0 unspecified atom stereocenters. The van der Waals surface area contributed by atoms with Crippen LogP contribution in [-0.4, -0.2) is 36.2 Å². The second-order valence-electron chi connectivity index (χ2n) is 4.29. The van der Waals surface area contributed by atoms with Crippen molar-refractivity contribution < 1.29 is 5.11 Å². The molecule has 20 heavy (non-hydrogen) atoms. The summed E-state index contributed by atoms with van der Waals surface area (Å²) < 4.78 is 2.04. The molecule has 114 valence electrons. The molecule has 2 rings (SSSR count). The summed E-state index contributed by atoms with van der Waals surface area (Å²) in [6.07, 6.45) is 1.92. The fourth-order valence-electron chi connectivity index (χ4n) is 2.24. The minimum absolute atomic E-state index is 0. The van der Waals surface area contributed by atoms with E-state index in [0.717, 1.165) is 38.9 Å². The average molecular weight is 543 g/mol. The van der Waals surface area contributed by atoms with Crippen LogP contribution in [0.15, 0.2) is 24.8 Å². The summed E-state index contributed by atoms with van der Waals surface area (Å²) in [5.74, 6) is 0.388. The lowest BCUT2D eigenvalue weighted by molar-refractivity contribution is 0.200. The quantitative estimate of drug-likeness (QED) is 0.453. The van der Waals surface area contributed by atoms with E-state index in [9.17, 15) is 5.11 Å². The molecule has 0 radical (unpaired) electrons. The van der Waals surface area contributed by atoms with Crippen LogP contribution in [0.2, 0.25) is 0 Å². The highest BCUT2D eigenvalue weighted by atomic mass is 127. The van der Waals surface area contributed by atoms with Crippen LogP contribution in [0.4, 0.5) is 0 Å². The van der Waals surface area contributed by atoms with Crippen molar-refractivity contribution in [3.05, 3.63) is 37.5 Å². The number of piperazine rings is 1. The van der Waals surface area contributed by atoms with Crippen molar-refractivity contribution in [2.75, 3.05) is 26.2 Å². The molecule has 0 spiro atoms. The Labute approximate surface area is 159 Å². The number of nitrogens with one attached hydrogen (secondary N) is 1. The standard InChI is InChI=1S/C13H16I2N2O.2ClH/c1-2-12(17-5-3-16-4-6-17)10-7-9(14)8-11(15)13(10)18;;/h2,7-8,12,16,18H,1,3-6H2;2*1H/t12-;;/m0../s1. The monoisotopic (exact) mass is 542 g/mol. The second-order valence-corrected chi connectivity index (χ2v) is 6.70. The van der Waals surface area contributed by atoms with Gasteiger partial charge in [0.15, 0.2) is 0 Å². The Kier molecular flexibility index (Phi) is 10.0. The van der Waals surface area contributed by atoms with Crippen LogP contribution in [-0.2, 0) is 0 Å². The van der Waals surface area contributed by atoms with Gasteiger partial charge >= 0.3 is 0 Å². The van der Waals surface area contributed by atoms with Crippen LogP contribution in [0.25, 0.3) is 0 Å². The van der Waals surface area contributed by atoms with Crippen LogP contribution in [0, 0.1) is 7.14 Å². The van der Waals surface area contributed by atoms with Crippen LogP contribution in [0.1, 0.15) is 11.6 Å². The van der Waals surface area contributed by atoms with Crippen LogP contribution in [0.3, 0.4) is 0 Å². The molecule has 3 nitrogen and oxygen atoms in total. The number of phenols is 1. The second kappa shape index (κ2) is 9.68. The highest BCUT2D eigenvalue weighted by Crippen LogP contribution is 2.34. The van der Waals surface area contributed by atoms with Crippen molar-refractivity contribution in [3.8, 4) is 5.75 Å². The van der Waals surface area contributed by atoms with E-state index in [1.54, 1.807) is 0 Å². The molecule has 2 N–H and O–H groups in total. The first-order valence-electron chi connectivity index (χ1n) is 5.88. The molecule has 1 saturated heterocycles. The third kappa shape index (κ3) is 4.88. The summed E-state index contributed by atoms with van der Waals surface area (Å²) >= 11 is 4.46. The lowest BCUT2D eigenvalue weighted by Crippen LogP contribution is -2.44. The van der Waals surface area contributed by atoms with Gasteiger partial charge in [-0.2, -0.15) is 0 Å². The molecule has 1 aliphatic rings. The maximum Gasteiger partial charge on any atom is 0.134 e. The smallest absolute Gasteiger partial charge is 0.134 e. The number of rotatable bonds is 3. The molecule has 1 aromatic rings. The predicted molar refractivity (Wildman–Crippen MR) is 105 cm³/mol. The van der Waals surface area contributed by atoms with Gasteiger partial charge in [0.2, 0.25) is 0 Å². The van der Waals surface area contributed by atoms with E-state index in [-0.39, 0.29) is 30.9 Å². The van der Waals surface area contributed by atoms with Gasteiger partial charge in [-0.05, 0) is 57.3 Å². The molecule has 1 heterocycles. The number of phenolic OH excluding ortho intramolecular Hbond substituents is 1. The van der Waals surface area contributed by atoms with E-state index in [4.69, 9.17) is 0 Å². The highest BCUT2D eigenvalue weighted by Gasteiger charge is 2.23. The molecule has 0 aliphatic carbocycles. The first-order valence-corrected chi connectivity index (χ1v) is 8.04. The Morgan fingerprint density at radius 2 is 1.85 bits per heavy atom. The summed E-state index contributed by atoms with van der Waals surface area (Å²) in [5, 5.41) is 13.6. The van der Waals surface area contributed by atoms with Gasteiger partial charge in [0.1, 0.15) is 5.75 Å². The summed E-state index contributed by atoms with van der Waals surface area (Å²) in [7, 11) is 0. The fraction of sp³-hybridized carbons (Fsp3) is 0.385. The molecule has 1 fully saturated rings. The largest absolute Gasteiger partial charge is 0.506 e. The number of halogens is 4. The first kappa shape index (κ1) is 20.7. The number of aromatic hydroxyl groups is 1. The SMILES string of the molecule is C=C[C@@H](c1cc(I)cc(I)c1O)N1CCNCC1.Cl.Cl. The van der Waals surface area contributed by atoms with Crippen molar-refractivity contribution in [1.82, 2.24) is 10.2 Å². The van der Waals surface area contributed by atoms with Gasteiger partial charge < -0.3 is 10.4 Å². The summed E-state index contributed by atoms with van der Waals surface area (Å²) in [6.45, 7) is 7.89. The molecule has 0 amide bonds. The topological polar surface area (TPSA) is 35.5 Å². The lowest BCUT2D eigenvalue weighted by atomic mass is 10.0. The van der Waals surface area contributed by atoms with Gasteiger partial charge in [-0.3, -0.25) is 4.90 Å². The third-order valence-electron chi connectivity index (χ3n) is 3.14. The van der Waals surface area contributed by atoms with E-state index in [2.05, 4.69) is 62.0 Å². The van der Waals surface area contributed by atoms with Crippen molar-refractivity contribution >= 4 is 70.0 Å². The molecule has 1 atom stereocenters. The Bertz CT molecular complexity index is 454. The molecule has 0 bridgehead atoms. The highest BCUT2D eigenvalue weighted by molar-refractivity contribution is 14.1. The molecular weight excluding hydrogens is 525 g/mol. The molecule has 0 aromatic heterocycles. The van der Waals surface area contributed by atoms with Gasteiger partial charge in [-0.25, -0.2) is 0 Å². The Morgan fingerprint density at radius 3 is 2.40 bits per heavy atom. The fourth-order valence-corrected chi connectivity index (χ4v) is 4.13. The normalized spacial score (nSPS) is 16.7. The van der Waals surface area contributed by atoms with E-state index in [0.29, 0.717) is 5.75 Å². The number of nitrogens with zero attached hydrogens (tertiary/aromatic N) is 1. The third-order valence-corrected chi connectivity index (χ3v) is 4.59. The van der Waals surface area contributed by atoms with E-state index < -0.39 is 0 Å². The van der Waals surface area contributed by atoms with Crippen molar-refractivity contribution in [2.45, 2.75) is 6.04 Å². The Balaban J connectivity index is 0.00000180. The molecular formula is C13H18Cl2I2N2O. The predicted octanol–water partition coefficient (Wildman–Crippen LogP) is 3.58. The number of benzene rings is 1. The van der Waals surface area contributed by atoms with Gasteiger partial charge in [0.05, 0.1) is 9.61 Å². The molecule has 1 aliphatic heterocycles. The van der Waals surface area contributed by atoms with E-state index in [1.807, 2.05) is 18.2 Å². The maximum absolute atomic E-state index is 10.3. The average Bonchev–Trinajstić information content (AvgIpc) is 2.37. The molecule has 0 saturated carbocycles. The zero-order valence-corrected chi connectivity index (χ0v) is 16.8. The Morgan fingerprint density at radius 1 is 1.25 bits per heavy atom. The van der Waals surface area contributed by atoms with E-state index in [1.165, 1.54) is 0 Å². The molecule has 1 aromatic carbocycles. The molecule has 7 heteroatoms. The van der Waals surface area contributed by atoms with Crippen LogP contribution >= 0.6 is 70.0 Å². The number of hydrogen-bond acceptors (Lipinski definition) is 3. The van der Waals surface area contributed by atoms with Gasteiger partial charge in [-0.1, -0.05) is 6.08 Å². The van der Waals surface area contributed by atoms with Crippen molar-refractivity contribution in [3.63, 3.8) is 0 Å². The summed E-state index contributed by atoms with van der Waals surface area (Å²) in [6, 6.07) is 4.12. The van der Waals surface area contributed by atoms with Crippen LogP contribution < -0.4 is 5.32 Å². The Hall–Kier alpha value is 0.720. The summed E-state index contributed by atoms with van der Waals surface area (Å²) in [4.78, 5) is 2.35. The lowest BCUT2D eigenvalue weighted by Gasteiger charge is -2.33. The first-order chi connectivity index (χ1) is 8.63. The van der Waals surface area contributed by atoms with Gasteiger partial charge in [0, 0.05) is 35.3 Å².